The number of H-pyrrole nitrogens is 1. The van der Waals surface area contributed by atoms with Crippen LogP contribution in [0, 0.1) is 0 Å². The highest BCUT2D eigenvalue weighted by Gasteiger charge is 2.15. The van der Waals surface area contributed by atoms with Crippen LogP contribution < -0.4 is 15.6 Å². The van der Waals surface area contributed by atoms with Gasteiger partial charge in [-0.25, -0.2) is 4.68 Å². The van der Waals surface area contributed by atoms with Crippen molar-refractivity contribution in [2.75, 3.05) is 7.11 Å². The number of fused-ring (bicyclic) bond motifs is 1. The molecule has 0 spiro atoms. The van der Waals surface area contributed by atoms with Gasteiger partial charge in [0.15, 0.2) is 0 Å². The smallest absolute Gasteiger partial charge is 0.275 e. The summed E-state index contributed by atoms with van der Waals surface area (Å²) in [6, 6.07) is 21.9. The Hall–Kier alpha value is -4.79. The highest BCUT2D eigenvalue weighted by atomic mass is 16.5. The Labute approximate surface area is 200 Å². The number of carbonyl (C=O) groups is 1. The molecule has 0 aliphatic rings. The summed E-state index contributed by atoms with van der Waals surface area (Å²) in [6.07, 6.45) is 1.67. The van der Waals surface area contributed by atoms with E-state index in [1.807, 2.05) is 60.7 Å². The molecule has 9 heteroatoms. The van der Waals surface area contributed by atoms with Crippen LogP contribution in [-0.4, -0.2) is 38.0 Å². The van der Waals surface area contributed by atoms with Crippen LogP contribution in [0.25, 0.3) is 22.0 Å². The normalized spacial score (nSPS) is 10.9. The predicted molar refractivity (Wildman–Crippen MR) is 131 cm³/mol. The molecule has 0 aliphatic carbocycles. The molecule has 0 saturated carbocycles. The SMILES string of the molecule is COc1cccc(-c2cc(C(=O)NCc3nn(Cc4ccccn4)c(=O)c4ccccc34)[nH]n2)c1. The molecule has 9 nitrogen and oxygen atoms in total. The first-order valence-electron chi connectivity index (χ1n) is 11.0. The number of amides is 1. The highest BCUT2D eigenvalue weighted by molar-refractivity contribution is 5.93. The molecule has 0 bridgehead atoms. The minimum atomic E-state index is -0.333. The van der Waals surface area contributed by atoms with Gasteiger partial charge in [0.25, 0.3) is 11.5 Å². The third-order valence-corrected chi connectivity index (χ3v) is 5.59. The molecule has 0 unspecified atom stereocenters. The van der Waals surface area contributed by atoms with E-state index in [2.05, 4.69) is 25.6 Å². The first-order valence-corrected chi connectivity index (χ1v) is 11.0. The fourth-order valence-corrected chi connectivity index (χ4v) is 3.82. The van der Waals surface area contributed by atoms with Crippen molar-refractivity contribution in [3.8, 4) is 17.0 Å². The molecular weight excluding hydrogens is 444 g/mol. The van der Waals surface area contributed by atoms with Gasteiger partial charge in [-0.2, -0.15) is 10.2 Å². The first-order chi connectivity index (χ1) is 17.1. The van der Waals surface area contributed by atoms with Crippen molar-refractivity contribution in [3.05, 3.63) is 106 Å². The number of pyridine rings is 1. The van der Waals surface area contributed by atoms with Crippen molar-refractivity contribution in [1.29, 1.82) is 0 Å². The second-order valence-corrected chi connectivity index (χ2v) is 7.86. The summed E-state index contributed by atoms with van der Waals surface area (Å²) >= 11 is 0. The van der Waals surface area contributed by atoms with Gasteiger partial charge in [0.1, 0.15) is 11.4 Å². The number of nitrogens with zero attached hydrogens (tertiary/aromatic N) is 4. The maximum Gasteiger partial charge on any atom is 0.275 e. The van der Waals surface area contributed by atoms with Crippen LogP contribution >= 0.6 is 0 Å². The molecule has 0 saturated heterocycles. The fraction of sp³-hybridized carbons (Fsp3) is 0.115. The van der Waals surface area contributed by atoms with E-state index in [-0.39, 0.29) is 24.6 Å². The number of hydrogen-bond donors (Lipinski definition) is 2. The van der Waals surface area contributed by atoms with Crippen molar-refractivity contribution in [2.24, 2.45) is 0 Å². The van der Waals surface area contributed by atoms with E-state index in [0.717, 1.165) is 11.3 Å². The molecule has 35 heavy (non-hydrogen) atoms. The van der Waals surface area contributed by atoms with E-state index < -0.39 is 0 Å². The van der Waals surface area contributed by atoms with Crippen LogP contribution in [0.4, 0.5) is 0 Å². The summed E-state index contributed by atoms with van der Waals surface area (Å²) in [5, 5.41) is 15.7. The zero-order valence-electron chi connectivity index (χ0n) is 18.9. The molecule has 3 aromatic heterocycles. The van der Waals surface area contributed by atoms with Crippen LogP contribution in [-0.2, 0) is 13.1 Å². The number of carbonyl (C=O) groups excluding carboxylic acids is 1. The summed E-state index contributed by atoms with van der Waals surface area (Å²) in [6.45, 7) is 0.366. The zero-order chi connectivity index (χ0) is 24.2. The van der Waals surface area contributed by atoms with Gasteiger partial charge in [-0.3, -0.25) is 19.7 Å². The molecule has 174 valence electrons. The molecule has 2 N–H and O–H groups in total. The summed E-state index contributed by atoms with van der Waals surface area (Å²) in [4.78, 5) is 30.1. The molecule has 0 atom stereocenters. The van der Waals surface area contributed by atoms with Crippen molar-refractivity contribution in [3.63, 3.8) is 0 Å². The first kappa shape index (κ1) is 22.0. The number of methoxy groups -OCH3 is 1. The molecule has 0 fully saturated rings. The van der Waals surface area contributed by atoms with Crippen LogP contribution in [0.15, 0.2) is 83.8 Å². The standard InChI is InChI=1S/C26H22N6O3/c1-35-19-9-6-7-17(13-19)22-14-23(30-29-22)25(33)28-15-24-20-10-2-3-11-21(20)26(34)32(31-24)16-18-8-4-5-12-27-18/h2-14H,15-16H2,1H3,(H,28,33)(H,29,30). The lowest BCUT2D eigenvalue weighted by atomic mass is 10.1. The molecular formula is C26H22N6O3. The number of nitrogens with one attached hydrogen (secondary N) is 2. The molecule has 0 aliphatic heterocycles. The average Bonchev–Trinajstić information content (AvgIpc) is 3.41. The van der Waals surface area contributed by atoms with E-state index in [1.165, 1.54) is 4.68 Å². The van der Waals surface area contributed by atoms with Gasteiger partial charge in [-0.15, -0.1) is 0 Å². The lowest BCUT2D eigenvalue weighted by molar-refractivity contribution is 0.0945. The van der Waals surface area contributed by atoms with E-state index in [9.17, 15) is 9.59 Å². The number of ether oxygens (including phenoxy) is 1. The number of rotatable bonds is 7. The second-order valence-electron chi connectivity index (χ2n) is 7.86. The summed E-state index contributed by atoms with van der Waals surface area (Å²) < 4.78 is 6.63. The van der Waals surface area contributed by atoms with Gasteiger partial charge in [0.2, 0.25) is 0 Å². The van der Waals surface area contributed by atoms with E-state index >= 15 is 0 Å². The summed E-state index contributed by atoms with van der Waals surface area (Å²) in [7, 11) is 1.60. The molecule has 5 rings (SSSR count). The Morgan fingerprint density at radius 1 is 1.03 bits per heavy atom. The molecule has 0 radical (unpaired) electrons. The maximum absolute atomic E-state index is 13.0. The Bertz CT molecular complexity index is 1560. The Morgan fingerprint density at radius 2 is 1.86 bits per heavy atom. The number of hydrogen-bond acceptors (Lipinski definition) is 6. The topological polar surface area (TPSA) is 115 Å². The van der Waals surface area contributed by atoms with E-state index in [0.29, 0.717) is 33.6 Å². The number of aromatic amines is 1. The Kier molecular flexibility index (Phi) is 6.04. The van der Waals surface area contributed by atoms with Gasteiger partial charge < -0.3 is 10.1 Å². The van der Waals surface area contributed by atoms with E-state index in [4.69, 9.17) is 4.74 Å². The average molecular weight is 467 g/mol. The largest absolute Gasteiger partial charge is 0.497 e. The Balaban J connectivity index is 1.39. The third-order valence-electron chi connectivity index (χ3n) is 5.59. The van der Waals surface area contributed by atoms with Crippen molar-refractivity contribution < 1.29 is 9.53 Å². The molecule has 3 heterocycles. The lowest BCUT2D eigenvalue weighted by Gasteiger charge is -2.11. The quantitative estimate of drug-likeness (QED) is 0.381. The van der Waals surface area contributed by atoms with E-state index in [1.54, 1.807) is 25.4 Å². The molecule has 5 aromatic rings. The van der Waals surface area contributed by atoms with Gasteiger partial charge in [0, 0.05) is 17.1 Å². The van der Waals surface area contributed by atoms with Gasteiger partial charge in [-0.05, 0) is 36.4 Å². The third kappa shape index (κ3) is 4.65. The maximum atomic E-state index is 13.0. The second kappa shape index (κ2) is 9.60. The zero-order valence-corrected chi connectivity index (χ0v) is 18.9. The predicted octanol–water partition coefficient (Wildman–Crippen LogP) is 3.17. The van der Waals surface area contributed by atoms with Gasteiger partial charge >= 0.3 is 0 Å². The summed E-state index contributed by atoms with van der Waals surface area (Å²) in [5.74, 6) is 0.371. The minimum absolute atomic E-state index is 0.134. The highest BCUT2D eigenvalue weighted by Crippen LogP contribution is 2.22. The minimum Gasteiger partial charge on any atom is -0.497 e. The summed E-state index contributed by atoms with van der Waals surface area (Å²) in [5.41, 5.74) is 2.86. The number of benzene rings is 2. The Morgan fingerprint density at radius 3 is 2.66 bits per heavy atom. The lowest BCUT2D eigenvalue weighted by Crippen LogP contribution is -2.29. The van der Waals surface area contributed by atoms with Crippen molar-refractivity contribution >= 4 is 16.7 Å². The molecule has 2 aromatic carbocycles. The van der Waals surface area contributed by atoms with Crippen molar-refractivity contribution in [2.45, 2.75) is 13.1 Å². The van der Waals surface area contributed by atoms with Gasteiger partial charge in [-0.1, -0.05) is 36.4 Å². The van der Waals surface area contributed by atoms with Crippen LogP contribution in [0.2, 0.25) is 0 Å². The fourth-order valence-electron chi connectivity index (χ4n) is 3.82. The van der Waals surface area contributed by atoms with Gasteiger partial charge in [0.05, 0.1) is 42.7 Å². The van der Waals surface area contributed by atoms with Crippen LogP contribution in [0.5, 0.6) is 5.75 Å². The molecule has 1 amide bonds. The monoisotopic (exact) mass is 466 g/mol. The van der Waals surface area contributed by atoms with Crippen molar-refractivity contribution in [1.82, 2.24) is 30.3 Å². The number of aromatic nitrogens is 5. The van der Waals surface area contributed by atoms with Crippen LogP contribution in [0.3, 0.4) is 0 Å². The van der Waals surface area contributed by atoms with Crippen LogP contribution in [0.1, 0.15) is 21.9 Å².